The van der Waals surface area contributed by atoms with Gasteiger partial charge in [-0.2, -0.15) is 5.26 Å². The Bertz CT molecular complexity index is 1090. The number of aromatic nitrogens is 2. The van der Waals surface area contributed by atoms with Gasteiger partial charge in [0, 0.05) is 25.6 Å². The molecule has 0 spiro atoms. The van der Waals surface area contributed by atoms with Crippen LogP contribution in [0.4, 0.5) is 9.93 Å². The number of urea groups is 1. The number of rotatable bonds is 3. The fourth-order valence-electron chi connectivity index (χ4n) is 3.14. The molecule has 3 heterocycles. The van der Waals surface area contributed by atoms with Crippen molar-refractivity contribution in [3.05, 3.63) is 41.4 Å². The van der Waals surface area contributed by atoms with Gasteiger partial charge in [0.05, 0.1) is 36.2 Å². The Morgan fingerprint density at radius 1 is 1.28 bits per heavy atom. The van der Waals surface area contributed by atoms with Crippen LogP contribution in [0.3, 0.4) is 0 Å². The molecule has 9 heteroatoms. The third kappa shape index (κ3) is 3.99. The van der Waals surface area contributed by atoms with Crippen molar-refractivity contribution in [1.82, 2.24) is 14.9 Å². The normalized spacial score (nSPS) is 13.9. The number of thiazole rings is 1. The maximum Gasteiger partial charge on any atom is 0.323 e. The van der Waals surface area contributed by atoms with Crippen molar-refractivity contribution in [3.8, 4) is 28.0 Å². The van der Waals surface area contributed by atoms with Crippen molar-refractivity contribution in [1.29, 1.82) is 5.26 Å². The zero-order valence-electron chi connectivity index (χ0n) is 16.1. The van der Waals surface area contributed by atoms with Gasteiger partial charge in [-0.3, -0.25) is 5.32 Å². The van der Waals surface area contributed by atoms with E-state index < -0.39 is 0 Å². The molecule has 2 amide bonds. The molecule has 0 radical (unpaired) electrons. The molecule has 1 aliphatic rings. The summed E-state index contributed by atoms with van der Waals surface area (Å²) in [6.45, 7) is 5.79. The highest BCUT2D eigenvalue weighted by Crippen LogP contribution is 2.41. The second-order valence-corrected chi connectivity index (χ2v) is 7.57. The van der Waals surface area contributed by atoms with Crippen LogP contribution in [0, 0.1) is 25.2 Å². The molecule has 1 saturated heterocycles. The molecular weight excluding hydrogens is 390 g/mol. The van der Waals surface area contributed by atoms with Gasteiger partial charge in [-0.15, -0.1) is 0 Å². The van der Waals surface area contributed by atoms with Crippen LogP contribution < -0.4 is 5.32 Å². The molecule has 1 aromatic carbocycles. The Morgan fingerprint density at radius 2 is 2.07 bits per heavy atom. The number of carbonyl (C=O) groups is 1. The number of carbonyl (C=O) groups excluding carboxylic acids is 1. The molecule has 29 heavy (non-hydrogen) atoms. The first kappa shape index (κ1) is 19.1. The van der Waals surface area contributed by atoms with E-state index in [0.29, 0.717) is 54.3 Å². The van der Waals surface area contributed by atoms with Crippen molar-refractivity contribution in [2.45, 2.75) is 13.8 Å². The molecule has 148 valence electrons. The summed E-state index contributed by atoms with van der Waals surface area (Å²) in [4.78, 5) is 24.0. The van der Waals surface area contributed by atoms with E-state index in [4.69, 9.17) is 9.15 Å². The van der Waals surface area contributed by atoms with Gasteiger partial charge in [0.25, 0.3) is 0 Å². The lowest BCUT2D eigenvalue weighted by Crippen LogP contribution is -2.43. The van der Waals surface area contributed by atoms with Crippen LogP contribution in [-0.4, -0.2) is 47.2 Å². The average Bonchev–Trinajstić information content (AvgIpc) is 3.30. The summed E-state index contributed by atoms with van der Waals surface area (Å²) >= 11 is 1.32. The van der Waals surface area contributed by atoms with Gasteiger partial charge in [0.1, 0.15) is 4.88 Å². The van der Waals surface area contributed by atoms with Crippen LogP contribution in [-0.2, 0) is 4.74 Å². The Labute approximate surface area is 171 Å². The fraction of sp³-hybridized carbons (Fsp3) is 0.300. The molecule has 0 unspecified atom stereocenters. The number of hydrogen-bond donors (Lipinski definition) is 1. The van der Waals surface area contributed by atoms with E-state index in [1.807, 2.05) is 19.1 Å². The summed E-state index contributed by atoms with van der Waals surface area (Å²) in [6, 6.07) is 9.13. The first-order chi connectivity index (χ1) is 14.0. The molecule has 2 aromatic heterocycles. The van der Waals surface area contributed by atoms with E-state index in [0.717, 1.165) is 16.1 Å². The van der Waals surface area contributed by atoms with Gasteiger partial charge in [0.15, 0.2) is 16.8 Å². The minimum absolute atomic E-state index is 0.212. The highest BCUT2D eigenvalue weighted by atomic mass is 32.1. The molecule has 0 saturated carbocycles. The molecule has 0 bridgehead atoms. The predicted molar refractivity (Wildman–Crippen MR) is 109 cm³/mol. The first-order valence-corrected chi connectivity index (χ1v) is 9.96. The van der Waals surface area contributed by atoms with Crippen LogP contribution in [0.2, 0.25) is 0 Å². The second kappa shape index (κ2) is 8.03. The lowest BCUT2D eigenvalue weighted by Gasteiger charge is -2.26. The third-order valence-corrected chi connectivity index (χ3v) is 5.48. The molecule has 8 nitrogen and oxygen atoms in total. The van der Waals surface area contributed by atoms with Crippen LogP contribution in [0.25, 0.3) is 21.9 Å². The van der Waals surface area contributed by atoms with Crippen LogP contribution in [0.1, 0.15) is 17.1 Å². The van der Waals surface area contributed by atoms with Crippen molar-refractivity contribution in [3.63, 3.8) is 0 Å². The summed E-state index contributed by atoms with van der Waals surface area (Å²) in [5.41, 5.74) is 2.69. The van der Waals surface area contributed by atoms with E-state index in [1.54, 1.807) is 24.0 Å². The quantitative estimate of drug-likeness (QED) is 0.705. The maximum atomic E-state index is 12.6. The number of nitriles is 1. The van der Waals surface area contributed by atoms with E-state index in [-0.39, 0.29) is 6.03 Å². The molecule has 4 rings (SSSR count). The Kier molecular flexibility index (Phi) is 5.29. The number of ether oxygens (including phenoxy) is 1. The van der Waals surface area contributed by atoms with Crippen LogP contribution in [0.15, 0.2) is 28.7 Å². The highest BCUT2D eigenvalue weighted by molar-refractivity contribution is 7.19. The van der Waals surface area contributed by atoms with Crippen molar-refractivity contribution in [2.75, 3.05) is 31.6 Å². The number of nitrogens with one attached hydrogen (secondary N) is 1. The SMILES string of the molecule is Cc1nc(C)c(-c2sc(NC(=O)N3CCOCC3)nc2-c2cccc(C#N)c2)o1. The number of nitrogens with zero attached hydrogens (tertiary/aromatic N) is 4. The van der Waals surface area contributed by atoms with Crippen LogP contribution in [0.5, 0.6) is 0 Å². The van der Waals surface area contributed by atoms with E-state index in [9.17, 15) is 10.1 Å². The maximum absolute atomic E-state index is 12.6. The first-order valence-electron chi connectivity index (χ1n) is 9.14. The Hall–Kier alpha value is -3.22. The number of aryl methyl sites for hydroxylation is 2. The van der Waals surface area contributed by atoms with Gasteiger partial charge < -0.3 is 14.1 Å². The highest BCUT2D eigenvalue weighted by Gasteiger charge is 2.23. The van der Waals surface area contributed by atoms with Crippen LogP contribution >= 0.6 is 11.3 Å². The Balaban J connectivity index is 1.73. The van der Waals surface area contributed by atoms with Gasteiger partial charge in [-0.05, 0) is 19.1 Å². The lowest BCUT2D eigenvalue weighted by atomic mass is 10.1. The minimum atomic E-state index is -0.212. The molecule has 3 aromatic rings. The van der Waals surface area contributed by atoms with Crippen molar-refractivity contribution < 1.29 is 13.9 Å². The molecule has 0 aliphatic carbocycles. The van der Waals surface area contributed by atoms with Crippen molar-refractivity contribution >= 4 is 22.5 Å². The molecule has 1 N–H and O–H groups in total. The third-order valence-electron chi connectivity index (χ3n) is 4.51. The number of anilines is 1. The molecular formula is C20H19N5O3S. The molecule has 0 atom stereocenters. The average molecular weight is 409 g/mol. The summed E-state index contributed by atoms with van der Waals surface area (Å²) in [6.07, 6.45) is 0. The van der Waals surface area contributed by atoms with E-state index >= 15 is 0 Å². The van der Waals surface area contributed by atoms with E-state index in [1.165, 1.54) is 11.3 Å². The number of benzene rings is 1. The van der Waals surface area contributed by atoms with E-state index in [2.05, 4.69) is 21.4 Å². The summed E-state index contributed by atoms with van der Waals surface area (Å²) < 4.78 is 11.1. The smallest absolute Gasteiger partial charge is 0.323 e. The lowest BCUT2D eigenvalue weighted by molar-refractivity contribution is 0.0564. The van der Waals surface area contributed by atoms with Gasteiger partial charge >= 0.3 is 6.03 Å². The summed E-state index contributed by atoms with van der Waals surface area (Å²) in [5, 5.41) is 12.6. The Morgan fingerprint density at radius 3 is 2.76 bits per heavy atom. The minimum Gasteiger partial charge on any atom is -0.440 e. The molecule has 1 fully saturated rings. The number of oxazole rings is 1. The standard InChI is InChI=1S/C20H19N5O3S/c1-12-17(28-13(2)22-12)18-16(15-5-3-4-14(10-15)11-21)23-19(29-18)24-20(26)25-6-8-27-9-7-25/h3-5,10H,6-9H2,1-2H3,(H,23,24,26). The topological polar surface area (TPSA) is 104 Å². The predicted octanol–water partition coefficient (Wildman–Crippen LogP) is 3.82. The number of amides is 2. The van der Waals surface area contributed by atoms with Gasteiger partial charge in [-0.1, -0.05) is 23.5 Å². The molecule has 1 aliphatic heterocycles. The number of morpholine rings is 1. The van der Waals surface area contributed by atoms with Gasteiger partial charge in [-0.25, -0.2) is 14.8 Å². The zero-order valence-corrected chi connectivity index (χ0v) is 16.9. The monoisotopic (exact) mass is 409 g/mol. The second-order valence-electron chi connectivity index (χ2n) is 6.57. The summed E-state index contributed by atoms with van der Waals surface area (Å²) in [7, 11) is 0. The zero-order chi connectivity index (χ0) is 20.4. The van der Waals surface area contributed by atoms with Crippen molar-refractivity contribution in [2.24, 2.45) is 0 Å². The summed E-state index contributed by atoms with van der Waals surface area (Å²) in [5.74, 6) is 1.17. The fourth-order valence-corrected chi connectivity index (χ4v) is 4.15. The largest absolute Gasteiger partial charge is 0.440 e. The van der Waals surface area contributed by atoms with Gasteiger partial charge in [0.2, 0.25) is 0 Å². The number of hydrogen-bond acceptors (Lipinski definition) is 7.